The second-order valence-electron chi connectivity index (χ2n) is 4.20. The van der Waals surface area contributed by atoms with Crippen LogP contribution in [0.2, 0.25) is 0 Å². The van der Waals surface area contributed by atoms with Gasteiger partial charge >= 0.3 is 0 Å². The minimum absolute atomic E-state index is 0.194. The third-order valence-electron chi connectivity index (χ3n) is 3.06. The number of rotatable bonds is 1. The van der Waals surface area contributed by atoms with Crippen LogP contribution in [0, 0.1) is 0 Å². The molecule has 1 aliphatic heterocycles. The van der Waals surface area contributed by atoms with Crippen LogP contribution < -0.4 is 10.9 Å². The molecule has 16 heavy (non-hydrogen) atoms. The van der Waals surface area contributed by atoms with Crippen molar-refractivity contribution < 1.29 is 5.11 Å². The number of hydrogen-bond acceptors (Lipinski definition) is 3. The normalized spacial score (nSPS) is 25.1. The number of nitrogens with one attached hydrogen (secondary N) is 2. The first-order valence-electron chi connectivity index (χ1n) is 5.51. The minimum Gasteiger partial charge on any atom is -0.377 e. The smallest absolute Gasteiger partial charge is 0.119 e. The summed E-state index contributed by atoms with van der Waals surface area (Å²) in [6.07, 6.45) is 0.259. The molecule has 0 radical (unpaired) electrons. The van der Waals surface area contributed by atoms with E-state index in [2.05, 4.69) is 41.2 Å². The summed E-state index contributed by atoms with van der Waals surface area (Å²) in [6, 6.07) is 14.9. The first-order chi connectivity index (χ1) is 7.83. The first-order valence-corrected chi connectivity index (χ1v) is 5.51. The van der Waals surface area contributed by atoms with E-state index >= 15 is 0 Å². The SMILES string of the molecule is OC1CC(c2ccc3ccccc3c2)NN1. The molecule has 82 valence electrons. The van der Waals surface area contributed by atoms with Gasteiger partial charge in [0.05, 0.1) is 6.04 Å². The number of hydrogen-bond donors (Lipinski definition) is 3. The van der Waals surface area contributed by atoms with E-state index < -0.39 is 6.23 Å². The first kappa shape index (κ1) is 9.78. The molecular weight excluding hydrogens is 200 g/mol. The van der Waals surface area contributed by atoms with Crippen LogP contribution >= 0.6 is 0 Å². The van der Waals surface area contributed by atoms with Gasteiger partial charge in [-0.3, -0.25) is 0 Å². The van der Waals surface area contributed by atoms with Crippen molar-refractivity contribution in [2.24, 2.45) is 0 Å². The Labute approximate surface area is 94.1 Å². The van der Waals surface area contributed by atoms with E-state index in [1.54, 1.807) is 0 Å². The Morgan fingerprint density at radius 3 is 2.56 bits per heavy atom. The predicted molar refractivity (Wildman–Crippen MR) is 63.6 cm³/mol. The second kappa shape index (κ2) is 3.87. The van der Waals surface area contributed by atoms with E-state index in [-0.39, 0.29) is 6.04 Å². The topological polar surface area (TPSA) is 44.3 Å². The zero-order valence-electron chi connectivity index (χ0n) is 8.85. The molecule has 1 saturated heterocycles. The summed E-state index contributed by atoms with van der Waals surface area (Å²) in [5.41, 5.74) is 7.12. The Balaban J connectivity index is 1.99. The van der Waals surface area contributed by atoms with E-state index in [0.717, 1.165) is 0 Å². The van der Waals surface area contributed by atoms with Gasteiger partial charge < -0.3 is 5.11 Å². The van der Waals surface area contributed by atoms with Crippen LogP contribution in [-0.4, -0.2) is 11.3 Å². The fourth-order valence-corrected chi connectivity index (χ4v) is 2.18. The highest BCUT2D eigenvalue weighted by molar-refractivity contribution is 5.83. The van der Waals surface area contributed by atoms with Gasteiger partial charge in [-0.1, -0.05) is 36.4 Å². The monoisotopic (exact) mass is 214 g/mol. The van der Waals surface area contributed by atoms with Crippen LogP contribution in [0.5, 0.6) is 0 Å². The van der Waals surface area contributed by atoms with Crippen molar-refractivity contribution in [2.45, 2.75) is 18.7 Å². The van der Waals surface area contributed by atoms with Crippen LogP contribution in [-0.2, 0) is 0 Å². The van der Waals surface area contributed by atoms with Gasteiger partial charge in [0, 0.05) is 6.42 Å². The van der Waals surface area contributed by atoms with Crippen LogP contribution in [0.3, 0.4) is 0 Å². The molecule has 0 aromatic heterocycles. The quantitative estimate of drug-likeness (QED) is 0.677. The summed E-state index contributed by atoms with van der Waals surface area (Å²) in [4.78, 5) is 0. The summed E-state index contributed by atoms with van der Waals surface area (Å²) < 4.78 is 0. The van der Waals surface area contributed by atoms with Gasteiger partial charge in [0.1, 0.15) is 6.23 Å². The number of aliphatic hydroxyl groups excluding tert-OH is 1. The van der Waals surface area contributed by atoms with E-state index in [9.17, 15) is 5.11 Å². The number of benzene rings is 2. The minimum atomic E-state index is -0.448. The summed E-state index contributed by atoms with van der Waals surface area (Å²) in [7, 11) is 0. The molecule has 0 spiro atoms. The molecule has 1 heterocycles. The van der Waals surface area contributed by atoms with E-state index in [0.29, 0.717) is 6.42 Å². The summed E-state index contributed by atoms with van der Waals surface area (Å²) >= 11 is 0. The average molecular weight is 214 g/mol. The highest BCUT2D eigenvalue weighted by Crippen LogP contribution is 2.24. The molecular formula is C13H14N2O. The van der Waals surface area contributed by atoms with Gasteiger partial charge in [0.25, 0.3) is 0 Å². The third-order valence-corrected chi connectivity index (χ3v) is 3.06. The maximum Gasteiger partial charge on any atom is 0.119 e. The highest BCUT2D eigenvalue weighted by atomic mass is 16.3. The summed E-state index contributed by atoms with van der Waals surface area (Å²) in [5, 5.41) is 11.9. The average Bonchev–Trinajstić information content (AvgIpc) is 2.75. The third kappa shape index (κ3) is 1.69. The Morgan fingerprint density at radius 1 is 1.00 bits per heavy atom. The molecule has 1 aliphatic rings. The van der Waals surface area contributed by atoms with E-state index in [1.165, 1.54) is 16.3 Å². The Bertz CT molecular complexity index is 512. The van der Waals surface area contributed by atoms with Gasteiger partial charge in [-0.25, -0.2) is 10.9 Å². The highest BCUT2D eigenvalue weighted by Gasteiger charge is 2.22. The molecule has 3 heteroatoms. The number of fused-ring (bicyclic) bond motifs is 1. The Kier molecular flexibility index (Phi) is 2.36. The van der Waals surface area contributed by atoms with Crippen molar-refractivity contribution in [2.75, 3.05) is 0 Å². The van der Waals surface area contributed by atoms with Crippen molar-refractivity contribution in [1.29, 1.82) is 0 Å². The largest absolute Gasteiger partial charge is 0.377 e. The van der Waals surface area contributed by atoms with Crippen LogP contribution in [0.4, 0.5) is 0 Å². The fraction of sp³-hybridized carbons (Fsp3) is 0.231. The van der Waals surface area contributed by atoms with Crippen molar-refractivity contribution in [3.05, 3.63) is 48.0 Å². The predicted octanol–water partition coefficient (Wildman–Crippen LogP) is 1.70. The van der Waals surface area contributed by atoms with Gasteiger partial charge in [0.2, 0.25) is 0 Å². The lowest BCUT2D eigenvalue weighted by Crippen LogP contribution is -2.30. The van der Waals surface area contributed by atoms with Crippen molar-refractivity contribution in [1.82, 2.24) is 10.9 Å². The molecule has 2 atom stereocenters. The summed E-state index contributed by atoms with van der Waals surface area (Å²) in [6.45, 7) is 0. The van der Waals surface area contributed by atoms with E-state index in [1.807, 2.05) is 12.1 Å². The van der Waals surface area contributed by atoms with Gasteiger partial charge in [0.15, 0.2) is 0 Å². The number of aliphatic hydroxyl groups is 1. The lowest BCUT2D eigenvalue weighted by molar-refractivity contribution is 0.153. The molecule has 0 amide bonds. The fourth-order valence-electron chi connectivity index (χ4n) is 2.18. The lowest BCUT2D eigenvalue weighted by Gasteiger charge is -2.10. The maximum atomic E-state index is 9.40. The van der Waals surface area contributed by atoms with Crippen LogP contribution in [0.15, 0.2) is 42.5 Å². The molecule has 3 N–H and O–H groups in total. The molecule has 1 fully saturated rings. The van der Waals surface area contributed by atoms with E-state index in [4.69, 9.17) is 0 Å². The molecule has 3 rings (SSSR count). The zero-order valence-corrected chi connectivity index (χ0v) is 8.85. The van der Waals surface area contributed by atoms with Crippen molar-refractivity contribution in [3.63, 3.8) is 0 Å². The molecule has 2 unspecified atom stereocenters. The molecule has 0 aliphatic carbocycles. The molecule has 0 saturated carbocycles. The second-order valence-corrected chi connectivity index (χ2v) is 4.20. The summed E-state index contributed by atoms with van der Waals surface area (Å²) in [5.74, 6) is 0. The Morgan fingerprint density at radius 2 is 1.81 bits per heavy atom. The Hall–Kier alpha value is -1.42. The lowest BCUT2D eigenvalue weighted by atomic mass is 10.0. The van der Waals surface area contributed by atoms with Gasteiger partial charge in [-0.2, -0.15) is 0 Å². The zero-order chi connectivity index (χ0) is 11.0. The van der Waals surface area contributed by atoms with Crippen LogP contribution in [0.25, 0.3) is 10.8 Å². The molecule has 2 aromatic rings. The molecule has 2 aromatic carbocycles. The van der Waals surface area contributed by atoms with Crippen molar-refractivity contribution >= 4 is 10.8 Å². The number of hydrazine groups is 1. The van der Waals surface area contributed by atoms with Crippen LogP contribution in [0.1, 0.15) is 18.0 Å². The molecule has 0 bridgehead atoms. The standard InChI is InChI=1S/C13H14N2O/c16-13-8-12(14-15-13)11-6-5-9-3-1-2-4-10(9)7-11/h1-7,12-16H,8H2. The van der Waals surface area contributed by atoms with Gasteiger partial charge in [-0.15, -0.1) is 0 Å². The van der Waals surface area contributed by atoms with Gasteiger partial charge in [-0.05, 0) is 22.4 Å². The molecule has 3 nitrogen and oxygen atoms in total. The maximum absolute atomic E-state index is 9.40. The van der Waals surface area contributed by atoms with Crippen molar-refractivity contribution in [3.8, 4) is 0 Å².